The van der Waals surface area contributed by atoms with E-state index < -0.39 is 0 Å². The minimum Gasteiger partial charge on any atom is -0.322 e. The molecule has 13 heavy (non-hydrogen) atoms. The summed E-state index contributed by atoms with van der Waals surface area (Å²) in [6.45, 7) is 0. The first-order valence-electron chi connectivity index (χ1n) is 3.65. The molecule has 2 nitrogen and oxygen atoms in total. The van der Waals surface area contributed by atoms with Crippen LogP contribution in [0.3, 0.4) is 0 Å². The van der Waals surface area contributed by atoms with Crippen molar-refractivity contribution in [1.29, 1.82) is 0 Å². The van der Waals surface area contributed by atoms with Crippen LogP contribution in [0.5, 0.6) is 0 Å². The molecule has 0 aliphatic carbocycles. The smallest absolute Gasteiger partial charge is 0.248 e. The number of H-pyrrole nitrogens is 1. The third kappa shape index (κ3) is 1.71. The molecular weight excluding hydrogens is 300 g/mol. The number of halogens is 2. The van der Waals surface area contributed by atoms with Crippen molar-refractivity contribution in [2.24, 2.45) is 0 Å². The second kappa shape index (κ2) is 3.31. The van der Waals surface area contributed by atoms with Gasteiger partial charge in [-0.3, -0.25) is 4.79 Å². The maximum Gasteiger partial charge on any atom is 0.248 e. The Hall–Kier alpha value is -0.550. The Labute approximate surface area is 93.1 Å². The van der Waals surface area contributed by atoms with Crippen LogP contribution in [-0.2, 0) is 0 Å². The monoisotopic (exact) mass is 305 g/mol. The summed E-state index contributed by atoms with van der Waals surface area (Å²) in [6, 6.07) is 6.99. The van der Waals surface area contributed by atoms with E-state index in [0.29, 0.717) is 5.02 Å². The minimum absolute atomic E-state index is 0.107. The molecular formula is C9H5ClINO. The Morgan fingerprint density at radius 3 is 2.85 bits per heavy atom. The number of aromatic nitrogens is 1. The standard InChI is InChI=1S/C9H5ClINO/c10-6-4-8-5(3-7(6)11)1-2-9(13)12-8/h1-4H,(H,12,13). The summed E-state index contributed by atoms with van der Waals surface area (Å²) in [5.41, 5.74) is 0.669. The maximum atomic E-state index is 11.0. The molecule has 0 bridgehead atoms. The lowest BCUT2D eigenvalue weighted by Gasteiger charge is -1.99. The summed E-state index contributed by atoms with van der Waals surface area (Å²) < 4.78 is 0.985. The molecule has 4 heteroatoms. The molecule has 2 aromatic rings. The predicted octanol–water partition coefficient (Wildman–Crippen LogP) is 2.79. The van der Waals surface area contributed by atoms with Gasteiger partial charge in [0.25, 0.3) is 0 Å². The van der Waals surface area contributed by atoms with E-state index in [-0.39, 0.29) is 5.56 Å². The van der Waals surface area contributed by atoms with Gasteiger partial charge in [-0.15, -0.1) is 0 Å². The van der Waals surface area contributed by atoms with Crippen LogP contribution in [-0.4, -0.2) is 4.98 Å². The number of aromatic amines is 1. The highest BCUT2D eigenvalue weighted by Crippen LogP contribution is 2.22. The van der Waals surface area contributed by atoms with Gasteiger partial charge >= 0.3 is 0 Å². The number of fused-ring (bicyclic) bond motifs is 1. The number of rotatable bonds is 0. The summed E-state index contributed by atoms with van der Waals surface area (Å²) in [4.78, 5) is 13.7. The highest BCUT2D eigenvalue weighted by atomic mass is 127. The fourth-order valence-electron chi connectivity index (χ4n) is 1.15. The lowest BCUT2D eigenvalue weighted by molar-refractivity contribution is 1.31. The fraction of sp³-hybridized carbons (Fsp3) is 0. The molecule has 66 valence electrons. The molecule has 1 aromatic carbocycles. The van der Waals surface area contributed by atoms with Crippen molar-refractivity contribution < 1.29 is 0 Å². The number of hydrogen-bond donors (Lipinski definition) is 1. The number of benzene rings is 1. The van der Waals surface area contributed by atoms with Gasteiger partial charge in [-0.05, 0) is 46.2 Å². The third-order valence-electron chi connectivity index (χ3n) is 1.76. The van der Waals surface area contributed by atoms with Crippen LogP contribution in [0.2, 0.25) is 5.02 Å². The molecule has 0 radical (unpaired) electrons. The molecule has 0 fully saturated rings. The van der Waals surface area contributed by atoms with Crippen molar-refractivity contribution >= 4 is 45.1 Å². The van der Waals surface area contributed by atoms with Gasteiger partial charge in [0.1, 0.15) is 0 Å². The average molecular weight is 306 g/mol. The third-order valence-corrected chi connectivity index (χ3v) is 3.29. The van der Waals surface area contributed by atoms with Crippen molar-refractivity contribution in [2.45, 2.75) is 0 Å². The Kier molecular flexibility index (Phi) is 2.29. The number of pyridine rings is 1. The van der Waals surface area contributed by atoms with E-state index in [2.05, 4.69) is 27.6 Å². The lowest BCUT2D eigenvalue weighted by atomic mass is 10.2. The summed E-state index contributed by atoms with van der Waals surface area (Å²) in [5.74, 6) is 0. The van der Waals surface area contributed by atoms with Gasteiger partial charge in [-0.25, -0.2) is 0 Å². The van der Waals surface area contributed by atoms with Gasteiger partial charge in [0, 0.05) is 15.2 Å². The zero-order valence-corrected chi connectivity index (χ0v) is 9.39. The highest BCUT2D eigenvalue weighted by molar-refractivity contribution is 14.1. The maximum absolute atomic E-state index is 11.0. The van der Waals surface area contributed by atoms with Gasteiger partial charge < -0.3 is 4.98 Å². The van der Waals surface area contributed by atoms with E-state index in [1.807, 2.05) is 6.07 Å². The fourth-order valence-corrected chi connectivity index (χ4v) is 1.80. The van der Waals surface area contributed by atoms with Gasteiger partial charge in [0.15, 0.2) is 0 Å². The zero-order valence-electron chi connectivity index (χ0n) is 6.47. The molecule has 1 N–H and O–H groups in total. The normalized spacial score (nSPS) is 10.6. The molecule has 2 rings (SSSR count). The molecule has 1 aromatic heterocycles. The van der Waals surface area contributed by atoms with Gasteiger partial charge in [-0.2, -0.15) is 0 Å². The summed E-state index contributed by atoms with van der Waals surface area (Å²) in [7, 11) is 0. The minimum atomic E-state index is -0.107. The zero-order chi connectivity index (χ0) is 9.42. The van der Waals surface area contributed by atoms with E-state index in [0.717, 1.165) is 14.5 Å². The molecule has 0 unspecified atom stereocenters. The Morgan fingerprint density at radius 2 is 2.08 bits per heavy atom. The quantitative estimate of drug-likeness (QED) is 0.746. The first-order valence-corrected chi connectivity index (χ1v) is 5.10. The van der Waals surface area contributed by atoms with Crippen LogP contribution in [0.1, 0.15) is 0 Å². The van der Waals surface area contributed by atoms with E-state index in [1.54, 1.807) is 12.1 Å². The molecule has 0 atom stereocenters. The van der Waals surface area contributed by atoms with Crippen molar-refractivity contribution in [1.82, 2.24) is 4.98 Å². The van der Waals surface area contributed by atoms with E-state index in [1.165, 1.54) is 6.07 Å². The summed E-state index contributed by atoms with van der Waals surface area (Å²) >= 11 is 8.07. The van der Waals surface area contributed by atoms with Crippen LogP contribution in [0.4, 0.5) is 0 Å². The van der Waals surface area contributed by atoms with Crippen molar-refractivity contribution in [3.63, 3.8) is 0 Å². The average Bonchev–Trinajstić information content (AvgIpc) is 2.08. The topological polar surface area (TPSA) is 32.9 Å². The molecule has 1 heterocycles. The van der Waals surface area contributed by atoms with Gasteiger partial charge in [0.2, 0.25) is 5.56 Å². The summed E-state index contributed by atoms with van der Waals surface area (Å²) in [6.07, 6.45) is 0. The van der Waals surface area contributed by atoms with Crippen LogP contribution in [0, 0.1) is 3.57 Å². The predicted molar refractivity (Wildman–Crippen MR) is 62.3 cm³/mol. The van der Waals surface area contributed by atoms with E-state index >= 15 is 0 Å². The Morgan fingerprint density at radius 1 is 1.31 bits per heavy atom. The summed E-state index contributed by atoms with van der Waals surface area (Å²) in [5, 5.41) is 1.66. The molecule has 0 aliphatic heterocycles. The molecule has 0 saturated heterocycles. The molecule has 0 aliphatic rings. The Balaban J connectivity index is 2.89. The largest absolute Gasteiger partial charge is 0.322 e. The molecule has 0 amide bonds. The Bertz CT molecular complexity index is 520. The van der Waals surface area contributed by atoms with Gasteiger partial charge in [-0.1, -0.05) is 11.6 Å². The molecule has 0 spiro atoms. The van der Waals surface area contributed by atoms with E-state index in [4.69, 9.17) is 11.6 Å². The van der Waals surface area contributed by atoms with Gasteiger partial charge in [0.05, 0.1) is 5.02 Å². The molecule has 0 saturated carbocycles. The van der Waals surface area contributed by atoms with Crippen LogP contribution in [0.15, 0.2) is 29.1 Å². The van der Waals surface area contributed by atoms with Crippen LogP contribution in [0.25, 0.3) is 10.9 Å². The van der Waals surface area contributed by atoms with Crippen LogP contribution < -0.4 is 5.56 Å². The first-order chi connectivity index (χ1) is 6.16. The number of hydrogen-bond acceptors (Lipinski definition) is 1. The lowest BCUT2D eigenvalue weighted by Crippen LogP contribution is -2.02. The van der Waals surface area contributed by atoms with Crippen LogP contribution >= 0.6 is 34.2 Å². The highest BCUT2D eigenvalue weighted by Gasteiger charge is 2.00. The van der Waals surface area contributed by atoms with Crippen molar-refractivity contribution in [3.8, 4) is 0 Å². The van der Waals surface area contributed by atoms with Crippen molar-refractivity contribution in [2.75, 3.05) is 0 Å². The van der Waals surface area contributed by atoms with E-state index in [9.17, 15) is 4.79 Å². The second-order valence-electron chi connectivity index (χ2n) is 2.68. The SMILES string of the molecule is O=c1ccc2cc(I)c(Cl)cc2[nH]1. The van der Waals surface area contributed by atoms with Crippen molar-refractivity contribution in [3.05, 3.63) is 43.2 Å². The second-order valence-corrected chi connectivity index (χ2v) is 4.25. The first kappa shape index (κ1) is 9.02. The number of nitrogens with one attached hydrogen (secondary N) is 1.